The van der Waals surface area contributed by atoms with Crippen LogP contribution in [0, 0.1) is 0 Å². The van der Waals surface area contributed by atoms with Gasteiger partial charge in [0.1, 0.15) is 6.63 Å². The van der Waals surface area contributed by atoms with Crippen molar-refractivity contribution in [3.05, 3.63) is 28.8 Å². The molecule has 0 aliphatic heterocycles. The second-order valence-electron chi connectivity index (χ2n) is 10.3. The van der Waals surface area contributed by atoms with Crippen molar-refractivity contribution >= 4 is 34.4 Å². The summed E-state index contributed by atoms with van der Waals surface area (Å²) in [6.45, 7) is 25.5. The molecule has 0 aliphatic carbocycles. The SMILES string of the molecule is CC(C)N(Cc1cc(C(C)(C)C)cc(CN(C(C)C)C(C)C)c1P(Cl)Cl)C(C)C. The largest absolute Gasteiger partial charge is 0.294 e. The molecule has 0 saturated heterocycles. The minimum Gasteiger partial charge on any atom is -0.294 e. The first-order chi connectivity index (χ1) is 13.2. The van der Waals surface area contributed by atoms with Gasteiger partial charge in [0.05, 0.1) is 0 Å². The van der Waals surface area contributed by atoms with Gasteiger partial charge in [-0.05, 0) is 77.5 Å². The van der Waals surface area contributed by atoms with Crippen LogP contribution in [0.5, 0.6) is 0 Å². The van der Waals surface area contributed by atoms with E-state index in [0.29, 0.717) is 24.2 Å². The average molecular weight is 462 g/mol. The van der Waals surface area contributed by atoms with Crippen molar-refractivity contribution in [3.8, 4) is 0 Å². The van der Waals surface area contributed by atoms with Crippen molar-refractivity contribution in [2.24, 2.45) is 0 Å². The molecule has 0 heterocycles. The van der Waals surface area contributed by atoms with Crippen molar-refractivity contribution in [3.63, 3.8) is 0 Å². The second kappa shape index (κ2) is 11.1. The van der Waals surface area contributed by atoms with E-state index in [0.717, 1.165) is 18.4 Å². The average Bonchev–Trinajstić information content (AvgIpc) is 2.54. The smallest absolute Gasteiger partial charge is 0.117 e. The lowest BCUT2D eigenvalue weighted by molar-refractivity contribution is 0.164. The van der Waals surface area contributed by atoms with Crippen LogP contribution in [0.1, 0.15) is 92.9 Å². The fourth-order valence-corrected chi connectivity index (χ4v) is 5.97. The van der Waals surface area contributed by atoms with Crippen LogP contribution in [0.15, 0.2) is 12.1 Å². The Hall–Kier alpha value is 0.150. The Labute approximate surface area is 191 Å². The first kappa shape index (κ1) is 27.2. The Morgan fingerprint density at radius 3 is 1.24 bits per heavy atom. The number of halogens is 2. The molecule has 0 atom stereocenters. The van der Waals surface area contributed by atoms with Crippen LogP contribution in [-0.4, -0.2) is 34.0 Å². The van der Waals surface area contributed by atoms with Crippen molar-refractivity contribution in [2.75, 3.05) is 0 Å². The fraction of sp³-hybridized carbons (Fsp3) is 0.750. The van der Waals surface area contributed by atoms with Crippen LogP contribution in [0.3, 0.4) is 0 Å². The molecule has 0 amide bonds. The Morgan fingerprint density at radius 1 is 0.724 bits per heavy atom. The molecular formula is C24H43Cl2N2P. The molecule has 1 aromatic rings. The van der Waals surface area contributed by atoms with Crippen LogP contribution in [0.25, 0.3) is 0 Å². The number of nitrogens with zero attached hydrogens (tertiary/aromatic N) is 2. The van der Waals surface area contributed by atoms with Crippen LogP contribution < -0.4 is 5.30 Å². The van der Waals surface area contributed by atoms with Crippen molar-refractivity contribution < 1.29 is 0 Å². The van der Waals surface area contributed by atoms with Gasteiger partial charge in [-0.1, -0.05) is 55.4 Å². The molecule has 0 bridgehead atoms. The molecule has 0 fully saturated rings. The molecule has 0 aliphatic rings. The molecule has 1 aromatic carbocycles. The molecule has 0 aromatic heterocycles. The quantitative estimate of drug-likeness (QED) is 0.349. The van der Waals surface area contributed by atoms with E-state index in [-0.39, 0.29) is 5.41 Å². The summed E-state index contributed by atoms with van der Waals surface area (Å²) < 4.78 is 0. The molecule has 5 heteroatoms. The highest BCUT2D eigenvalue weighted by molar-refractivity contribution is 8.09. The van der Waals surface area contributed by atoms with E-state index in [1.54, 1.807) is 0 Å². The summed E-state index contributed by atoms with van der Waals surface area (Å²) in [6, 6.07) is 6.56. The minimum absolute atomic E-state index is 0.0738. The summed E-state index contributed by atoms with van der Waals surface area (Å²) in [6.07, 6.45) is 0. The molecule has 0 spiro atoms. The molecule has 0 saturated carbocycles. The Kier molecular flexibility index (Phi) is 10.4. The maximum absolute atomic E-state index is 6.66. The second-order valence-corrected chi connectivity index (χ2v) is 13.8. The minimum atomic E-state index is -1.23. The maximum atomic E-state index is 6.66. The van der Waals surface area contributed by atoms with Gasteiger partial charge in [0.15, 0.2) is 0 Å². The highest BCUT2D eigenvalue weighted by Gasteiger charge is 2.26. The van der Waals surface area contributed by atoms with Gasteiger partial charge in [0.25, 0.3) is 0 Å². The lowest BCUT2D eigenvalue weighted by atomic mass is 9.84. The van der Waals surface area contributed by atoms with E-state index in [1.165, 1.54) is 16.7 Å². The summed E-state index contributed by atoms with van der Waals surface area (Å²) in [5.74, 6) is 0. The molecule has 168 valence electrons. The van der Waals surface area contributed by atoms with Crippen molar-refractivity contribution in [1.82, 2.24) is 9.80 Å². The molecular weight excluding hydrogens is 418 g/mol. The predicted molar refractivity (Wildman–Crippen MR) is 135 cm³/mol. The lowest BCUT2D eigenvalue weighted by Crippen LogP contribution is -2.39. The molecule has 0 N–H and O–H groups in total. The Balaban J connectivity index is 3.64. The summed E-state index contributed by atoms with van der Waals surface area (Å²) >= 11 is 13.3. The van der Waals surface area contributed by atoms with E-state index in [9.17, 15) is 0 Å². The van der Waals surface area contributed by atoms with Crippen LogP contribution in [0.2, 0.25) is 0 Å². The topological polar surface area (TPSA) is 6.48 Å². The normalized spacial score (nSPS) is 13.4. The first-order valence-corrected chi connectivity index (χ1v) is 14.1. The van der Waals surface area contributed by atoms with E-state index >= 15 is 0 Å². The van der Waals surface area contributed by atoms with Crippen LogP contribution >= 0.6 is 29.1 Å². The Bertz CT molecular complexity index is 590. The number of hydrogen-bond donors (Lipinski definition) is 0. The summed E-state index contributed by atoms with van der Waals surface area (Å²) in [7, 11) is 0. The van der Waals surface area contributed by atoms with E-state index in [4.69, 9.17) is 22.5 Å². The van der Waals surface area contributed by atoms with Crippen molar-refractivity contribution in [1.29, 1.82) is 0 Å². The van der Waals surface area contributed by atoms with E-state index in [1.807, 2.05) is 0 Å². The summed E-state index contributed by atoms with van der Waals surface area (Å²) in [4.78, 5) is 5.04. The van der Waals surface area contributed by atoms with Gasteiger partial charge in [0, 0.05) is 42.6 Å². The van der Waals surface area contributed by atoms with Gasteiger partial charge in [-0.25, -0.2) is 0 Å². The van der Waals surface area contributed by atoms with Crippen LogP contribution in [0.4, 0.5) is 0 Å². The standard InChI is InChI=1S/C24H43Cl2N2P/c1-16(2)27(17(3)4)14-20-12-22(24(9,10)11)13-21(23(20)29(25)26)15-28(18(5)6)19(7)8/h12-13,16-19H,14-15H2,1-11H3. The van der Waals surface area contributed by atoms with Gasteiger partial charge in [-0.15, -0.1) is 0 Å². The third-order valence-corrected chi connectivity index (χ3v) is 7.59. The Morgan fingerprint density at radius 2 is 1.03 bits per heavy atom. The zero-order valence-corrected chi connectivity index (χ0v) is 22.9. The highest BCUT2D eigenvalue weighted by Crippen LogP contribution is 2.48. The first-order valence-electron chi connectivity index (χ1n) is 11.0. The van der Waals surface area contributed by atoms with E-state index in [2.05, 4.69) is 98.1 Å². The molecule has 29 heavy (non-hydrogen) atoms. The molecule has 2 nitrogen and oxygen atoms in total. The lowest BCUT2D eigenvalue weighted by Gasteiger charge is -2.35. The maximum Gasteiger partial charge on any atom is 0.117 e. The zero-order valence-electron chi connectivity index (χ0n) is 20.5. The summed E-state index contributed by atoms with van der Waals surface area (Å²) in [5, 5.41) is 1.16. The van der Waals surface area contributed by atoms with Gasteiger partial charge >= 0.3 is 0 Å². The van der Waals surface area contributed by atoms with Gasteiger partial charge in [-0.3, -0.25) is 9.80 Å². The predicted octanol–water partition coefficient (Wildman–Crippen LogP) is 7.64. The third-order valence-electron chi connectivity index (χ3n) is 5.66. The number of rotatable bonds is 9. The van der Waals surface area contributed by atoms with Crippen molar-refractivity contribution in [2.45, 2.75) is 119 Å². The molecule has 1 rings (SSSR count). The molecule has 0 radical (unpaired) electrons. The highest BCUT2D eigenvalue weighted by atomic mass is 35.9. The number of hydrogen-bond acceptors (Lipinski definition) is 2. The fourth-order valence-electron chi connectivity index (χ4n) is 3.97. The van der Waals surface area contributed by atoms with Gasteiger partial charge < -0.3 is 0 Å². The van der Waals surface area contributed by atoms with Crippen LogP contribution in [-0.2, 0) is 18.5 Å². The third kappa shape index (κ3) is 7.65. The summed E-state index contributed by atoms with van der Waals surface area (Å²) in [5.41, 5.74) is 4.01. The number of benzene rings is 1. The zero-order chi connectivity index (χ0) is 22.7. The monoisotopic (exact) mass is 460 g/mol. The van der Waals surface area contributed by atoms with E-state index < -0.39 is 6.63 Å². The molecule has 0 unspecified atom stereocenters. The van der Waals surface area contributed by atoms with Gasteiger partial charge in [-0.2, -0.15) is 0 Å². The van der Waals surface area contributed by atoms with Gasteiger partial charge in [0.2, 0.25) is 0 Å².